The topological polar surface area (TPSA) is 50.3 Å². The fourth-order valence-electron chi connectivity index (χ4n) is 2.13. The lowest BCUT2D eigenvalue weighted by atomic mass is 10.1. The van der Waals surface area contributed by atoms with E-state index in [0.717, 1.165) is 9.37 Å². The van der Waals surface area contributed by atoms with Crippen LogP contribution in [0, 0.1) is 0 Å². The molecule has 0 spiro atoms. The summed E-state index contributed by atoms with van der Waals surface area (Å²) in [6.45, 7) is 0.0625. The molecule has 3 rings (SSSR count). The zero-order valence-electron chi connectivity index (χ0n) is 10.4. The van der Waals surface area contributed by atoms with Crippen molar-refractivity contribution in [1.29, 1.82) is 0 Å². The number of hydrogen-bond acceptors (Lipinski definition) is 3. The first-order valence-electron chi connectivity index (χ1n) is 5.93. The van der Waals surface area contributed by atoms with E-state index in [1.165, 1.54) is 12.3 Å². The SMILES string of the molecule is O=C1c2ccc(Br)cc2C(=O)N1Cc1cnc(Cl)cc1Cl. The fourth-order valence-corrected chi connectivity index (χ4v) is 2.92. The van der Waals surface area contributed by atoms with E-state index in [-0.39, 0.29) is 23.5 Å². The molecule has 21 heavy (non-hydrogen) atoms. The summed E-state index contributed by atoms with van der Waals surface area (Å²) in [6.07, 6.45) is 1.46. The molecule has 0 N–H and O–H groups in total. The number of rotatable bonds is 2. The Balaban J connectivity index is 1.95. The molecule has 1 aromatic carbocycles. The molecule has 0 radical (unpaired) electrons. The van der Waals surface area contributed by atoms with Crippen LogP contribution in [0.1, 0.15) is 26.3 Å². The first kappa shape index (κ1) is 14.5. The highest BCUT2D eigenvalue weighted by atomic mass is 79.9. The number of benzene rings is 1. The first-order valence-corrected chi connectivity index (χ1v) is 7.48. The Morgan fingerprint density at radius 1 is 1.10 bits per heavy atom. The van der Waals surface area contributed by atoms with Crippen LogP contribution in [0.3, 0.4) is 0 Å². The maximum absolute atomic E-state index is 12.3. The fraction of sp³-hybridized carbons (Fsp3) is 0.0714. The molecule has 7 heteroatoms. The number of halogens is 3. The Hall–Kier alpha value is -1.43. The van der Waals surface area contributed by atoms with E-state index in [1.807, 2.05) is 0 Å². The minimum absolute atomic E-state index is 0.0625. The van der Waals surface area contributed by atoms with Gasteiger partial charge in [0.05, 0.1) is 22.7 Å². The molecule has 0 fully saturated rings. The Morgan fingerprint density at radius 3 is 2.52 bits per heavy atom. The van der Waals surface area contributed by atoms with Gasteiger partial charge < -0.3 is 0 Å². The molecule has 1 aliphatic heterocycles. The molecule has 106 valence electrons. The van der Waals surface area contributed by atoms with E-state index in [4.69, 9.17) is 23.2 Å². The Labute approximate surface area is 138 Å². The second-order valence-corrected chi connectivity index (χ2v) is 6.19. The molecule has 2 aromatic rings. The Morgan fingerprint density at radius 2 is 1.81 bits per heavy atom. The van der Waals surface area contributed by atoms with Crippen molar-refractivity contribution in [2.45, 2.75) is 6.54 Å². The summed E-state index contributed by atoms with van der Waals surface area (Å²) >= 11 is 15.1. The molecule has 0 atom stereocenters. The van der Waals surface area contributed by atoms with Crippen LogP contribution in [0.25, 0.3) is 0 Å². The number of nitrogens with zero attached hydrogens (tertiary/aromatic N) is 2. The van der Waals surface area contributed by atoms with Crippen LogP contribution < -0.4 is 0 Å². The van der Waals surface area contributed by atoms with Crippen LogP contribution in [0.15, 0.2) is 34.9 Å². The maximum Gasteiger partial charge on any atom is 0.261 e. The quantitative estimate of drug-likeness (QED) is 0.581. The van der Waals surface area contributed by atoms with Crippen molar-refractivity contribution in [2.24, 2.45) is 0 Å². The van der Waals surface area contributed by atoms with Gasteiger partial charge >= 0.3 is 0 Å². The standard InChI is InChI=1S/C14H7BrCl2N2O2/c15-8-1-2-9-10(3-8)14(21)19(13(9)20)6-7-5-18-12(17)4-11(7)16/h1-5H,6H2. The van der Waals surface area contributed by atoms with E-state index in [0.29, 0.717) is 21.7 Å². The van der Waals surface area contributed by atoms with Crippen molar-refractivity contribution in [3.8, 4) is 0 Å². The molecule has 4 nitrogen and oxygen atoms in total. The van der Waals surface area contributed by atoms with Crippen molar-refractivity contribution in [2.75, 3.05) is 0 Å². The average molecular weight is 386 g/mol. The highest BCUT2D eigenvalue weighted by Gasteiger charge is 2.35. The maximum atomic E-state index is 12.3. The van der Waals surface area contributed by atoms with E-state index in [2.05, 4.69) is 20.9 Å². The number of amides is 2. The van der Waals surface area contributed by atoms with Gasteiger partial charge in [-0.3, -0.25) is 14.5 Å². The number of fused-ring (bicyclic) bond motifs is 1. The smallest absolute Gasteiger partial charge is 0.261 e. The number of aromatic nitrogens is 1. The van der Waals surface area contributed by atoms with Crippen molar-refractivity contribution in [3.63, 3.8) is 0 Å². The van der Waals surface area contributed by atoms with Gasteiger partial charge in [-0.05, 0) is 24.3 Å². The Kier molecular flexibility index (Phi) is 3.73. The van der Waals surface area contributed by atoms with Gasteiger partial charge in [-0.1, -0.05) is 39.1 Å². The summed E-state index contributed by atoms with van der Waals surface area (Å²) in [5.41, 5.74) is 1.34. The summed E-state index contributed by atoms with van der Waals surface area (Å²) in [5, 5.41) is 0.628. The van der Waals surface area contributed by atoms with Gasteiger partial charge in [0.1, 0.15) is 5.15 Å². The van der Waals surface area contributed by atoms with Crippen molar-refractivity contribution in [3.05, 3.63) is 61.8 Å². The summed E-state index contributed by atoms with van der Waals surface area (Å²) < 4.78 is 0.746. The molecule has 2 heterocycles. The second-order valence-electron chi connectivity index (χ2n) is 4.48. The van der Waals surface area contributed by atoms with E-state index < -0.39 is 0 Å². The summed E-state index contributed by atoms with van der Waals surface area (Å²) in [7, 11) is 0. The lowest BCUT2D eigenvalue weighted by Gasteiger charge is -2.14. The van der Waals surface area contributed by atoms with Gasteiger partial charge in [0.25, 0.3) is 11.8 Å². The molecule has 0 unspecified atom stereocenters. The van der Waals surface area contributed by atoms with Crippen LogP contribution >= 0.6 is 39.1 Å². The number of carbonyl (C=O) groups excluding carboxylic acids is 2. The summed E-state index contributed by atoms with van der Waals surface area (Å²) in [5.74, 6) is -0.684. The van der Waals surface area contributed by atoms with Crippen molar-refractivity contribution < 1.29 is 9.59 Å². The van der Waals surface area contributed by atoms with Gasteiger partial charge in [0.2, 0.25) is 0 Å². The summed E-state index contributed by atoms with van der Waals surface area (Å²) in [6, 6.07) is 6.47. The van der Waals surface area contributed by atoms with Gasteiger partial charge in [-0.2, -0.15) is 0 Å². The molecule has 0 aliphatic carbocycles. The molecule has 1 aromatic heterocycles. The third kappa shape index (κ3) is 2.57. The molecule has 0 bridgehead atoms. The minimum Gasteiger partial charge on any atom is -0.270 e. The minimum atomic E-state index is -0.345. The molecule has 0 saturated heterocycles. The highest BCUT2D eigenvalue weighted by Crippen LogP contribution is 2.29. The van der Waals surface area contributed by atoms with Crippen LogP contribution in [0.2, 0.25) is 10.2 Å². The zero-order chi connectivity index (χ0) is 15.1. The Bertz CT molecular complexity index is 780. The average Bonchev–Trinajstić information content (AvgIpc) is 2.66. The third-order valence-electron chi connectivity index (χ3n) is 3.16. The van der Waals surface area contributed by atoms with Crippen LogP contribution in [-0.4, -0.2) is 21.7 Å². The second kappa shape index (κ2) is 5.40. The first-order chi connectivity index (χ1) is 9.97. The molecular formula is C14H7BrCl2N2O2. The van der Waals surface area contributed by atoms with Gasteiger partial charge in [-0.15, -0.1) is 0 Å². The van der Waals surface area contributed by atoms with Crippen molar-refractivity contribution in [1.82, 2.24) is 9.88 Å². The van der Waals surface area contributed by atoms with E-state index in [1.54, 1.807) is 18.2 Å². The zero-order valence-corrected chi connectivity index (χ0v) is 13.5. The predicted octanol–water partition coefficient (Wildman–Crippen LogP) is 3.95. The normalized spacial score (nSPS) is 13.8. The van der Waals surface area contributed by atoms with Crippen molar-refractivity contribution >= 4 is 50.9 Å². The molecular weight excluding hydrogens is 379 g/mol. The third-order valence-corrected chi connectivity index (χ3v) is 4.21. The predicted molar refractivity (Wildman–Crippen MR) is 82.6 cm³/mol. The number of hydrogen-bond donors (Lipinski definition) is 0. The number of carbonyl (C=O) groups is 2. The lowest BCUT2D eigenvalue weighted by Crippen LogP contribution is -2.29. The van der Waals surface area contributed by atoms with Gasteiger partial charge in [0, 0.05) is 16.2 Å². The largest absolute Gasteiger partial charge is 0.270 e. The van der Waals surface area contributed by atoms with Crippen LogP contribution in [0.4, 0.5) is 0 Å². The number of pyridine rings is 1. The summed E-state index contributed by atoms with van der Waals surface area (Å²) in [4.78, 5) is 29.7. The monoisotopic (exact) mass is 384 g/mol. The molecule has 1 aliphatic rings. The van der Waals surface area contributed by atoms with Gasteiger partial charge in [-0.25, -0.2) is 4.98 Å². The molecule has 0 saturated carbocycles. The van der Waals surface area contributed by atoms with Gasteiger partial charge in [0.15, 0.2) is 0 Å². The van der Waals surface area contributed by atoms with Crippen LogP contribution in [0.5, 0.6) is 0 Å². The lowest BCUT2D eigenvalue weighted by molar-refractivity contribution is 0.0642. The number of imide groups is 1. The van der Waals surface area contributed by atoms with E-state index >= 15 is 0 Å². The highest BCUT2D eigenvalue weighted by molar-refractivity contribution is 9.10. The molecule has 2 amide bonds. The van der Waals surface area contributed by atoms with E-state index in [9.17, 15) is 9.59 Å². The van der Waals surface area contributed by atoms with Crippen LogP contribution in [-0.2, 0) is 6.54 Å².